The summed E-state index contributed by atoms with van der Waals surface area (Å²) in [6.07, 6.45) is 0.332. The quantitative estimate of drug-likeness (QED) is 0.811. The SMILES string of the molecule is NC1c2sc(C(F)F)nc2CC12CCNCC2. The number of thiazole rings is 1. The van der Waals surface area contributed by atoms with E-state index in [1.807, 2.05) is 0 Å². The monoisotopic (exact) mass is 259 g/mol. The van der Waals surface area contributed by atoms with Gasteiger partial charge in [0, 0.05) is 10.9 Å². The van der Waals surface area contributed by atoms with Crippen LogP contribution in [0.25, 0.3) is 0 Å². The van der Waals surface area contributed by atoms with Gasteiger partial charge in [0.15, 0.2) is 5.01 Å². The van der Waals surface area contributed by atoms with Crippen molar-refractivity contribution in [3.8, 4) is 0 Å². The van der Waals surface area contributed by atoms with Crippen LogP contribution in [0.15, 0.2) is 0 Å². The number of piperidine rings is 1. The average molecular weight is 259 g/mol. The van der Waals surface area contributed by atoms with Gasteiger partial charge in [-0.2, -0.15) is 0 Å². The number of nitrogens with two attached hydrogens (primary N) is 1. The third kappa shape index (κ3) is 1.70. The maximum Gasteiger partial charge on any atom is 0.289 e. The Balaban J connectivity index is 1.90. The van der Waals surface area contributed by atoms with Crippen molar-refractivity contribution in [2.75, 3.05) is 13.1 Å². The Kier molecular flexibility index (Phi) is 2.68. The number of nitrogens with zero attached hydrogens (tertiary/aromatic N) is 1. The van der Waals surface area contributed by atoms with Gasteiger partial charge in [-0.3, -0.25) is 0 Å². The molecule has 1 fully saturated rings. The van der Waals surface area contributed by atoms with Crippen LogP contribution < -0.4 is 11.1 Å². The third-order valence-electron chi connectivity index (χ3n) is 3.99. The smallest absolute Gasteiger partial charge is 0.289 e. The first-order valence-electron chi connectivity index (χ1n) is 5.86. The number of nitrogens with one attached hydrogen (secondary N) is 1. The minimum absolute atomic E-state index is 0.0695. The van der Waals surface area contributed by atoms with E-state index in [2.05, 4.69) is 10.3 Å². The van der Waals surface area contributed by atoms with E-state index in [9.17, 15) is 8.78 Å². The van der Waals surface area contributed by atoms with Crippen molar-refractivity contribution >= 4 is 11.3 Å². The molecule has 2 aliphatic rings. The van der Waals surface area contributed by atoms with Gasteiger partial charge in [-0.25, -0.2) is 13.8 Å². The Morgan fingerprint density at radius 1 is 1.41 bits per heavy atom. The van der Waals surface area contributed by atoms with Crippen molar-refractivity contribution < 1.29 is 8.78 Å². The Bertz CT molecular complexity index is 426. The van der Waals surface area contributed by atoms with Crippen molar-refractivity contribution in [3.05, 3.63) is 15.6 Å². The van der Waals surface area contributed by atoms with Gasteiger partial charge in [-0.05, 0) is 37.8 Å². The molecule has 0 amide bonds. The van der Waals surface area contributed by atoms with E-state index in [0.717, 1.165) is 54.3 Å². The molecule has 1 aliphatic heterocycles. The van der Waals surface area contributed by atoms with E-state index in [4.69, 9.17) is 5.73 Å². The van der Waals surface area contributed by atoms with Crippen molar-refractivity contribution in [2.24, 2.45) is 11.1 Å². The molecule has 0 bridgehead atoms. The van der Waals surface area contributed by atoms with Crippen LogP contribution in [0.2, 0.25) is 0 Å². The van der Waals surface area contributed by atoms with Gasteiger partial charge in [-0.15, -0.1) is 11.3 Å². The van der Waals surface area contributed by atoms with E-state index in [-0.39, 0.29) is 16.5 Å². The van der Waals surface area contributed by atoms with Crippen LogP contribution in [0.3, 0.4) is 0 Å². The predicted octanol–water partition coefficient (Wildman–Crippen LogP) is 2.01. The van der Waals surface area contributed by atoms with Crippen molar-refractivity contribution in [1.82, 2.24) is 10.3 Å². The van der Waals surface area contributed by atoms with Crippen molar-refractivity contribution in [2.45, 2.75) is 31.7 Å². The van der Waals surface area contributed by atoms with Crippen LogP contribution in [-0.4, -0.2) is 18.1 Å². The number of alkyl halides is 2. The maximum atomic E-state index is 12.6. The molecule has 0 saturated carbocycles. The lowest BCUT2D eigenvalue weighted by atomic mass is 9.74. The Labute approximate surface area is 102 Å². The summed E-state index contributed by atoms with van der Waals surface area (Å²) in [7, 11) is 0. The molecule has 0 aromatic carbocycles. The first kappa shape index (κ1) is 11.5. The second-order valence-electron chi connectivity index (χ2n) is 4.93. The summed E-state index contributed by atoms with van der Waals surface area (Å²) >= 11 is 1.10. The average Bonchev–Trinajstić information content (AvgIpc) is 2.81. The summed E-state index contributed by atoms with van der Waals surface area (Å²) < 4.78 is 25.2. The molecule has 1 aliphatic carbocycles. The molecule has 3 rings (SSSR count). The molecule has 0 radical (unpaired) electrons. The van der Waals surface area contributed by atoms with Gasteiger partial charge in [0.2, 0.25) is 0 Å². The van der Waals surface area contributed by atoms with E-state index in [1.54, 1.807) is 0 Å². The highest BCUT2D eigenvalue weighted by molar-refractivity contribution is 7.12. The summed E-state index contributed by atoms with van der Waals surface area (Å²) in [5.41, 5.74) is 7.16. The summed E-state index contributed by atoms with van der Waals surface area (Å²) in [4.78, 5) is 4.95. The third-order valence-corrected chi connectivity index (χ3v) is 5.18. The topological polar surface area (TPSA) is 50.9 Å². The molecule has 1 atom stereocenters. The van der Waals surface area contributed by atoms with Crippen LogP contribution in [0.5, 0.6) is 0 Å². The second kappa shape index (κ2) is 3.96. The highest BCUT2D eigenvalue weighted by Crippen LogP contribution is 2.52. The largest absolute Gasteiger partial charge is 0.323 e. The number of aromatic nitrogens is 1. The standard InChI is InChI=1S/C11H15F2N3S/c12-9(13)10-16-6-5-11(1-3-15-4-2-11)8(14)7(6)17-10/h8-9,15H,1-5,14H2. The molecule has 3 nitrogen and oxygen atoms in total. The summed E-state index contributed by atoms with van der Waals surface area (Å²) in [5, 5.41) is 3.24. The van der Waals surface area contributed by atoms with Crippen molar-refractivity contribution in [1.29, 1.82) is 0 Å². The number of hydrogen-bond acceptors (Lipinski definition) is 4. The lowest BCUT2D eigenvalue weighted by molar-refractivity contribution is 0.149. The van der Waals surface area contributed by atoms with Gasteiger partial charge in [0.1, 0.15) is 0 Å². The zero-order valence-electron chi connectivity index (χ0n) is 9.38. The molecule has 1 aromatic rings. The van der Waals surface area contributed by atoms with Gasteiger partial charge in [0.05, 0.1) is 5.69 Å². The molecule has 1 aromatic heterocycles. The fourth-order valence-electron chi connectivity index (χ4n) is 2.98. The first-order chi connectivity index (χ1) is 8.12. The van der Waals surface area contributed by atoms with E-state index >= 15 is 0 Å². The summed E-state index contributed by atoms with van der Waals surface area (Å²) in [6, 6.07) is -0.107. The maximum absolute atomic E-state index is 12.6. The van der Waals surface area contributed by atoms with Crippen LogP contribution in [-0.2, 0) is 6.42 Å². The van der Waals surface area contributed by atoms with Crippen molar-refractivity contribution in [3.63, 3.8) is 0 Å². The molecule has 1 saturated heterocycles. The normalized spacial score (nSPS) is 26.7. The molecule has 94 valence electrons. The van der Waals surface area contributed by atoms with E-state index < -0.39 is 6.43 Å². The minimum atomic E-state index is -2.47. The van der Waals surface area contributed by atoms with Gasteiger partial charge in [-0.1, -0.05) is 0 Å². The van der Waals surface area contributed by atoms with Crippen LogP contribution in [0.4, 0.5) is 8.78 Å². The summed E-state index contributed by atoms with van der Waals surface area (Å²) in [6.45, 7) is 1.93. The number of hydrogen-bond donors (Lipinski definition) is 2. The number of fused-ring (bicyclic) bond motifs is 1. The van der Waals surface area contributed by atoms with Gasteiger partial charge in [0.25, 0.3) is 6.43 Å². The second-order valence-corrected chi connectivity index (χ2v) is 5.99. The molecule has 3 N–H and O–H groups in total. The fraction of sp³-hybridized carbons (Fsp3) is 0.727. The lowest BCUT2D eigenvalue weighted by Crippen LogP contribution is -2.42. The predicted molar refractivity (Wildman–Crippen MR) is 62.2 cm³/mol. The van der Waals surface area contributed by atoms with Crippen LogP contribution in [0, 0.1) is 5.41 Å². The van der Waals surface area contributed by atoms with Gasteiger partial charge >= 0.3 is 0 Å². The Morgan fingerprint density at radius 2 is 2.12 bits per heavy atom. The van der Waals surface area contributed by atoms with Gasteiger partial charge < -0.3 is 11.1 Å². The molecular weight excluding hydrogens is 244 g/mol. The highest BCUT2D eigenvalue weighted by atomic mass is 32.1. The zero-order valence-corrected chi connectivity index (χ0v) is 10.2. The molecule has 6 heteroatoms. The minimum Gasteiger partial charge on any atom is -0.323 e. The molecule has 17 heavy (non-hydrogen) atoms. The fourth-order valence-corrected chi connectivity index (χ4v) is 4.06. The number of rotatable bonds is 1. The molecular formula is C11H15F2N3S. The lowest BCUT2D eigenvalue weighted by Gasteiger charge is -2.37. The van der Waals surface area contributed by atoms with E-state index in [1.165, 1.54) is 0 Å². The number of halogens is 2. The molecule has 1 unspecified atom stereocenters. The van der Waals surface area contributed by atoms with Crippen LogP contribution >= 0.6 is 11.3 Å². The Morgan fingerprint density at radius 3 is 2.71 bits per heavy atom. The molecule has 1 spiro atoms. The van der Waals surface area contributed by atoms with E-state index in [0.29, 0.717) is 0 Å². The first-order valence-corrected chi connectivity index (χ1v) is 6.68. The highest BCUT2D eigenvalue weighted by Gasteiger charge is 2.47. The Hall–Kier alpha value is -0.590. The molecule has 2 heterocycles. The summed E-state index contributed by atoms with van der Waals surface area (Å²) in [5.74, 6) is 0. The van der Waals surface area contributed by atoms with Crippen LogP contribution in [0.1, 0.15) is 40.9 Å². The zero-order chi connectivity index (χ0) is 12.0.